The van der Waals surface area contributed by atoms with Crippen LogP contribution in [-0.2, 0) is 26.2 Å². The summed E-state index contributed by atoms with van der Waals surface area (Å²) >= 11 is 0. The molecule has 0 bridgehead atoms. The lowest BCUT2D eigenvalue weighted by molar-refractivity contribution is -0.140. The summed E-state index contributed by atoms with van der Waals surface area (Å²) in [6.45, 7) is 3.22. The van der Waals surface area contributed by atoms with Gasteiger partial charge in [-0.15, -0.1) is 0 Å². The molecule has 0 fully saturated rings. The van der Waals surface area contributed by atoms with E-state index in [1.807, 2.05) is 6.92 Å². The summed E-state index contributed by atoms with van der Waals surface area (Å²) in [7, 11) is 0.317. The van der Waals surface area contributed by atoms with Crippen molar-refractivity contribution in [1.82, 2.24) is 10.2 Å². The number of amides is 2. The van der Waals surface area contributed by atoms with Crippen molar-refractivity contribution in [1.29, 1.82) is 0 Å². The third kappa shape index (κ3) is 6.88. The second-order valence-corrected chi connectivity index (χ2v) is 10.8. The van der Waals surface area contributed by atoms with E-state index < -0.39 is 28.5 Å². The average Bonchev–Trinajstić information content (AvgIpc) is 2.95. The summed E-state index contributed by atoms with van der Waals surface area (Å²) in [5, 5.41) is 2.62. The van der Waals surface area contributed by atoms with Crippen molar-refractivity contribution in [3.63, 3.8) is 0 Å². The molecule has 0 saturated carbocycles. The Morgan fingerprint density at radius 2 is 1.56 bits per heavy atom. The molecule has 1 N–H and O–H groups in total. The number of aryl methyl sites for hydroxylation is 1. The minimum absolute atomic E-state index is 0.0341. The lowest BCUT2D eigenvalue weighted by Crippen LogP contribution is -2.51. The molecule has 0 heterocycles. The number of carbonyl (C=O) groups excluding carboxylic acids is 2. The minimum atomic E-state index is -4.18. The van der Waals surface area contributed by atoms with Crippen LogP contribution in [0.15, 0.2) is 77.7 Å². The monoisotopic (exact) mass is 553 g/mol. The number of para-hydroxylation sites is 2. The summed E-state index contributed by atoms with van der Waals surface area (Å²) in [6.07, 6.45) is 0.334. The van der Waals surface area contributed by atoms with Gasteiger partial charge in [0.2, 0.25) is 11.8 Å². The number of benzene rings is 3. The molecule has 2 amide bonds. The van der Waals surface area contributed by atoms with Crippen LogP contribution in [0.3, 0.4) is 0 Å². The number of nitrogens with one attached hydrogen (secondary N) is 1. The number of likely N-dealkylation sites (N-methyl/N-ethyl adjacent to an activating group) is 1. The fraction of sp³-hybridized carbons (Fsp3) is 0.310. The lowest BCUT2D eigenvalue weighted by Gasteiger charge is -2.33. The topological polar surface area (TPSA) is 105 Å². The van der Waals surface area contributed by atoms with Crippen molar-refractivity contribution in [2.75, 3.05) is 32.1 Å². The maximum atomic E-state index is 14.0. The summed E-state index contributed by atoms with van der Waals surface area (Å²) in [5.41, 5.74) is 1.87. The largest absolute Gasteiger partial charge is 0.497 e. The van der Waals surface area contributed by atoms with Gasteiger partial charge in [-0.3, -0.25) is 13.9 Å². The average molecular weight is 554 g/mol. The number of rotatable bonds is 12. The van der Waals surface area contributed by atoms with Gasteiger partial charge in [-0.1, -0.05) is 48.9 Å². The van der Waals surface area contributed by atoms with E-state index in [2.05, 4.69) is 5.32 Å². The molecule has 3 rings (SSSR count). The molecule has 10 heteroatoms. The molecule has 3 aromatic rings. The molecular weight excluding hydrogens is 518 g/mol. The molecule has 0 aliphatic heterocycles. The molecule has 0 aliphatic rings. The van der Waals surface area contributed by atoms with E-state index in [-0.39, 0.29) is 23.0 Å². The predicted molar refractivity (Wildman–Crippen MR) is 150 cm³/mol. The molecule has 0 aliphatic carbocycles. The first-order valence-electron chi connectivity index (χ1n) is 12.5. The van der Waals surface area contributed by atoms with Crippen molar-refractivity contribution in [3.8, 4) is 11.5 Å². The van der Waals surface area contributed by atoms with Crippen molar-refractivity contribution in [2.24, 2.45) is 0 Å². The zero-order chi connectivity index (χ0) is 28.6. The van der Waals surface area contributed by atoms with Crippen LogP contribution < -0.4 is 19.1 Å². The van der Waals surface area contributed by atoms with Crippen LogP contribution in [0.25, 0.3) is 0 Å². The Kier molecular flexibility index (Phi) is 9.95. The molecule has 3 aromatic carbocycles. The highest BCUT2D eigenvalue weighted by molar-refractivity contribution is 7.92. The molecule has 208 valence electrons. The van der Waals surface area contributed by atoms with Crippen LogP contribution in [0, 0.1) is 6.92 Å². The zero-order valence-electron chi connectivity index (χ0n) is 22.9. The smallest absolute Gasteiger partial charge is 0.264 e. The Hall–Kier alpha value is -4.05. The highest BCUT2D eigenvalue weighted by Gasteiger charge is 2.34. The number of hydrogen-bond donors (Lipinski definition) is 1. The van der Waals surface area contributed by atoms with Crippen molar-refractivity contribution in [2.45, 2.75) is 37.8 Å². The standard InChI is InChI=1S/C29H35N3O6S/c1-6-25(29(34)30-3)31(19-22-13-15-23(37-4)16-14-22)28(33)20-32(26-9-7-8-10-27(26)38-5)39(35,36)24-17-11-21(2)12-18-24/h7-18,25H,6,19-20H2,1-5H3,(H,30,34)/t25-/m0/s1. The molecule has 0 spiro atoms. The molecule has 39 heavy (non-hydrogen) atoms. The number of hydrogen-bond acceptors (Lipinski definition) is 6. The number of methoxy groups -OCH3 is 2. The maximum absolute atomic E-state index is 14.0. The van der Waals surface area contributed by atoms with E-state index in [0.717, 1.165) is 15.4 Å². The third-order valence-corrected chi connectivity index (χ3v) is 8.16. The summed E-state index contributed by atoms with van der Waals surface area (Å²) in [4.78, 5) is 28.2. The summed E-state index contributed by atoms with van der Waals surface area (Å²) in [6, 6.07) is 19.3. The van der Waals surface area contributed by atoms with Crippen molar-refractivity contribution < 1.29 is 27.5 Å². The fourth-order valence-electron chi connectivity index (χ4n) is 4.20. The Morgan fingerprint density at radius 3 is 2.13 bits per heavy atom. The van der Waals surface area contributed by atoms with Crippen LogP contribution in [0.5, 0.6) is 11.5 Å². The van der Waals surface area contributed by atoms with E-state index in [1.165, 1.54) is 31.2 Å². The SMILES string of the molecule is CC[C@@H](C(=O)NC)N(Cc1ccc(OC)cc1)C(=O)CN(c1ccccc1OC)S(=O)(=O)c1ccc(C)cc1. The Labute approximate surface area is 230 Å². The highest BCUT2D eigenvalue weighted by atomic mass is 32.2. The van der Waals surface area contributed by atoms with Gasteiger partial charge in [0.1, 0.15) is 24.1 Å². The van der Waals surface area contributed by atoms with Gasteiger partial charge in [0.25, 0.3) is 10.0 Å². The number of ether oxygens (including phenoxy) is 2. The first kappa shape index (κ1) is 29.5. The molecule has 1 atom stereocenters. The normalized spacial score (nSPS) is 11.8. The second-order valence-electron chi connectivity index (χ2n) is 8.90. The van der Waals surface area contributed by atoms with Gasteiger partial charge in [0, 0.05) is 13.6 Å². The number of nitrogens with zero attached hydrogens (tertiary/aromatic N) is 2. The van der Waals surface area contributed by atoms with Crippen molar-refractivity contribution >= 4 is 27.5 Å². The predicted octanol–water partition coefficient (Wildman–Crippen LogP) is 3.76. The summed E-state index contributed by atoms with van der Waals surface area (Å²) < 4.78 is 39.6. The van der Waals surface area contributed by atoms with Gasteiger partial charge < -0.3 is 19.7 Å². The Morgan fingerprint density at radius 1 is 0.923 bits per heavy atom. The Bertz CT molecular complexity index is 1370. The van der Waals surface area contributed by atoms with Crippen LogP contribution in [0.1, 0.15) is 24.5 Å². The fourth-order valence-corrected chi connectivity index (χ4v) is 5.63. The van der Waals surface area contributed by atoms with Gasteiger partial charge in [-0.2, -0.15) is 0 Å². The quantitative estimate of drug-likeness (QED) is 0.366. The van der Waals surface area contributed by atoms with Gasteiger partial charge >= 0.3 is 0 Å². The van der Waals surface area contributed by atoms with Crippen LogP contribution in [0.4, 0.5) is 5.69 Å². The molecule has 9 nitrogen and oxygen atoms in total. The molecule has 0 saturated heterocycles. The first-order valence-corrected chi connectivity index (χ1v) is 14.0. The van der Waals surface area contributed by atoms with E-state index in [0.29, 0.717) is 17.9 Å². The summed E-state index contributed by atoms with van der Waals surface area (Å²) in [5.74, 6) is 0.0648. The number of sulfonamides is 1. The van der Waals surface area contributed by atoms with E-state index in [9.17, 15) is 18.0 Å². The molecule has 0 radical (unpaired) electrons. The van der Waals surface area contributed by atoms with Gasteiger partial charge in [0.15, 0.2) is 0 Å². The van der Waals surface area contributed by atoms with E-state index in [1.54, 1.807) is 74.7 Å². The third-order valence-electron chi connectivity index (χ3n) is 6.39. The van der Waals surface area contributed by atoms with Gasteiger partial charge in [-0.25, -0.2) is 8.42 Å². The Balaban J connectivity index is 2.08. The number of anilines is 1. The van der Waals surface area contributed by atoms with Crippen LogP contribution in [0.2, 0.25) is 0 Å². The highest BCUT2D eigenvalue weighted by Crippen LogP contribution is 2.32. The van der Waals surface area contributed by atoms with E-state index in [4.69, 9.17) is 9.47 Å². The lowest BCUT2D eigenvalue weighted by atomic mass is 10.1. The second kappa shape index (κ2) is 13.1. The molecular formula is C29H35N3O6S. The van der Waals surface area contributed by atoms with E-state index >= 15 is 0 Å². The van der Waals surface area contributed by atoms with Crippen LogP contribution in [-0.4, -0.2) is 59.0 Å². The minimum Gasteiger partial charge on any atom is -0.497 e. The molecule has 0 aromatic heterocycles. The van der Waals surface area contributed by atoms with Crippen molar-refractivity contribution in [3.05, 3.63) is 83.9 Å². The first-order chi connectivity index (χ1) is 18.7. The molecule has 0 unspecified atom stereocenters. The maximum Gasteiger partial charge on any atom is 0.264 e. The van der Waals surface area contributed by atoms with Crippen LogP contribution >= 0.6 is 0 Å². The van der Waals surface area contributed by atoms with Gasteiger partial charge in [0.05, 0.1) is 24.8 Å². The number of carbonyl (C=O) groups is 2. The zero-order valence-corrected chi connectivity index (χ0v) is 23.7. The van der Waals surface area contributed by atoms with Gasteiger partial charge in [-0.05, 0) is 55.3 Å².